The van der Waals surface area contributed by atoms with Crippen LogP contribution in [0.5, 0.6) is 0 Å². The monoisotopic (exact) mass is 223 g/mol. The van der Waals surface area contributed by atoms with E-state index in [0.29, 0.717) is 16.6 Å². The molecule has 0 aromatic carbocycles. The summed E-state index contributed by atoms with van der Waals surface area (Å²) in [7, 11) is 3.69. The summed E-state index contributed by atoms with van der Waals surface area (Å²) in [4.78, 5) is 9.89. The molecule has 1 heterocycles. The molecule has 6 heteroatoms. The van der Waals surface area contributed by atoms with Crippen LogP contribution in [0.15, 0.2) is 23.6 Å². The Kier molecular flexibility index (Phi) is 4.11. The van der Waals surface area contributed by atoms with E-state index in [0.717, 1.165) is 0 Å². The highest BCUT2D eigenvalue weighted by atomic mass is 32.1. The minimum atomic E-state index is 0.547. The van der Waals surface area contributed by atoms with Crippen molar-refractivity contribution in [1.82, 2.24) is 20.3 Å². The molecule has 0 saturated carbocycles. The van der Waals surface area contributed by atoms with Gasteiger partial charge in [-0.05, 0) is 25.2 Å². The van der Waals surface area contributed by atoms with E-state index in [4.69, 9.17) is 12.2 Å². The summed E-state index contributed by atoms with van der Waals surface area (Å²) in [6.45, 7) is 1.82. The van der Waals surface area contributed by atoms with E-state index < -0.39 is 0 Å². The van der Waals surface area contributed by atoms with E-state index in [9.17, 15) is 0 Å². The second-order valence-corrected chi connectivity index (χ2v) is 3.47. The number of rotatable bonds is 2. The van der Waals surface area contributed by atoms with Gasteiger partial charge in [-0.1, -0.05) is 0 Å². The SMILES string of the molecule is CC(=NNC(=S)N(C)C)c1ncccn1. The Balaban J connectivity index is 2.65. The first-order chi connectivity index (χ1) is 7.11. The van der Waals surface area contributed by atoms with E-state index in [1.165, 1.54) is 0 Å². The lowest BCUT2D eigenvalue weighted by Gasteiger charge is -2.12. The first-order valence-corrected chi connectivity index (χ1v) is 4.81. The summed E-state index contributed by atoms with van der Waals surface area (Å²) in [5, 5.41) is 4.62. The highest BCUT2D eigenvalue weighted by Crippen LogP contribution is 1.90. The van der Waals surface area contributed by atoms with Gasteiger partial charge in [0, 0.05) is 26.5 Å². The van der Waals surface area contributed by atoms with Crippen LogP contribution in [0, 0.1) is 0 Å². The molecule has 1 N–H and O–H groups in total. The zero-order chi connectivity index (χ0) is 11.3. The van der Waals surface area contributed by atoms with E-state index in [-0.39, 0.29) is 0 Å². The van der Waals surface area contributed by atoms with Gasteiger partial charge in [0.1, 0.15) is 5.71 Å². The molecule has 0 aliphatic carbocycles. The zero-order valence-corrected chi connectivity index (χ0v) is 9.75. The third-order valence-corrected chi connectivity index (χ3v) is 2.07. The van der Waals surface area contributed by atoms with Crippen LogP contribution in [0.2, 0.25) is 0 Å². The van der Waals surface area contributed by atoms with Gasteiger partial charge in [-0.15, -0.1) is 0 Å². The van der Waals surface area contributed by atoms with Crippen molar-refractivity contribution in [3.8, 4) is 0 Å². The molecule has 0 atom stereocenters. The Hall–Kier alpha value is -1.56. The van der Waals surface area contributed by atoms with Gasteiger partial charge < -0.3 is 4.90 Å². The van der Waals surface area contributed by atoms with Crippen LogP contribution in [0.1, 0.15) is 12.7 Å². The van der Waals surface area contributed by atoms with Crippen LogP contribution >= 0.6 is 12.2 Å². The summed E-state index contributed by atoms with van der Waals surface area (Å²) in [6.07, 6.45) is 3.34. The van der Waals surface area contributed by atoms with Gasteiger partial charge in [0.25, 0.3) is 0 Å². The smallest absolute Gasteiger partial charge is 0.189 e. The van der Waals surface area contributed by atoms with Crippen molar-refractivity contribution in [2.24, 2.45) is 5.10 Å². The normalized spacial score (nSPS) is 11.0. The number of hydrogen-bond acceptors (Lipinski definition) is 4. The average molecular weight is 223 g/mol. The maximum absolute atomic E-state index is 5.01. The van der Waals surface area contributed by atoms with Gasteiger partial charge in [-0.25, -0.2) is 9.97 Å². The van der Waals surface area contributed by atoms with Gasteiger partial charge in [-0.3, -0.25) is 5.43 Å². The summed E-state index contributed by atoms with van der Waals surface area (Å²) in [6, 6.07) is 1.76. The summed E-state index contributed by atoms with van der Waals surface area (Å²) >= 11 is 5.01. The van der Waals surface area contributed by atoms with Gasteiger partial charge in [0.2, 0.25) is 0 Å². The molecule has 0 amide bonds. The minimum Gasteiger partial charge on any atom is -0.354 e. The molecule has 0 bridgehead atoms. The van der Waals surface area contributed by atoms with Gasteiger partial charge in [0.05, 0.1) is 0 Å². The molecule has 0 fully saturated rings. The fourth-order valence-electron chi connectivity index (χ4n) is 0.768. The first-order valence-electron chi connectivity index (χ1n) is 4.40. The van der Waals surface area contributed by atoms with Gasteiger partial charge >= 0.3 is 0 Å². The van der Waals surface area contributed by atoms with Crippen molar-refractivity contribution in [1.29, 1.82) is 0 Å². The molecule has 1 rings (SSSR count). The number of nitrogens with one attached hydrogen (secondary N) is 1. The van der Waals surface area contributed by atoms with Crippen LogP contribution in [-0.2, 0) is 0 Å². The van der Waals surface area contributed by atoms with Gasteiger partial charge in [0.15, 0.2) is 10.9 Å². The molecule has 0 spiro atoms. The lowest BCUT2D eigenvalue weighted by atomic mass is 10.4. The first kappa shape index (κ1) is 11.5. The number of thiocarbonyl (C=S) groups is 1. The molecule has 1 aromatic rings. The van der Waals surface area contributed by atoms with Crippen molar-refractivity contribution < 1.29 is 0 Å². The Morgan fingerprint density at radius 2 is 2.00 bits per heavy atom. The fraction of sp³-hybridized carbons (Fsp3) is 0.333. The molecule has 0 aliphatic heterocycles. The maximum atomic E-state index is 5.01. The van der Waals surface area contributed by atoms with Gasteiger partial charge in [-0.2, -0.15) is 5.10 Å². The van der Waals surface area contributed by atoms with E-state index in [1.807, 2.05) is 21.0 Å². The molecule has 5 nitrogen and oxygen atoms in total. The van der Waals surface area contributed by atoms with Crippen LogP contribution in [-0.4, -0.2) is 39.8 Å². The van der Waals surface area contributed by atoms with E-state index in [2.05, 4.69) is 20.5 Å². The van der Waals surface area contributed by atoms with Crippen molar-refractivity contribution in [2.45, 2.75) is 6.92 Å². The summed E-state index contributed by atoms with van der Waals surface area (Å²) in [5.41, 5.74) is 3.44. The lowest BCUT2D eigenvalue weighted by molar-refractivity contribution is 0.606. The molecule has 0 aliphatic rings. The van der Waals surface area contributed by atoms with Crippen molar-refractivity contribution in [2.75, 3.05) is 14.1 Å². The van der Waals surface area contributed by atoms with Crippen LogP contribution in [0.3, 0.4) is 0 Å². The van der Waals surface area contributed by atoms with Crippen LogP contribution < -0.4 is 5.43 Å². The summed E-state index contributed by atoms with van der Waals surface area (Å²) in [5.74, 6) is 0.589. The Morgan fingerprint density at radius 1 is 1.40 bits per heavy atom. The molecular formula is C9H13N5S. The molecule has 0 radical (unpaired) electrons. The number of aromatic nitrogens is 2. The third-order valence-electron chi connectivity index (χ3n) is 1.61. The summed E-state index contributed by atoms with van der Waals surface area (Å²) < 4.78 is 0. The van der Waals surface area contributed by atoms with E-state index >= 15 is 0 Å². The second kappa shape index (κ2) is 5.35. The maximum Gasteiger partial charge on any atom is 0.189 e. The predicted molar refractivity (Wildman–Crippen MR) is 63.7 cm³/mol. The molecule has 0 saturated heterocycles. The number of hydrazone groups is 1. The molecule has 15 heavy (non-hydrogen) atoms. The standard InChI is InChI=1S/C9H13N5S/c1-7(8-10-5-4-6-11-8)12-13-9(15)14(2)3/h4-6H,1-3H3,(H,13,15). The highest BCUT2D eigenvalue weighted by molar-refractivity contribution is 7.80. The van der Waals surface area contributed by atoms with E-state index in [1.54, 1.807) is 23.4 Å². The second-order valence-electron chi connectivity index (χ2n) is 3.08. The quantitative estimate of drug-likeness (QED) is 0.453. The lowest BCUT2D eigenvalue weighted by Crippen LogP contribution is -2.31. The Bertz CT molecular complexity index is 360. The third kappa shape index (κ3) is 3.59. The highest BCUT2D eigenvalue weighted by Gasteiger charge is 2.00. The average Bonchev–Trinajstić information content (AvgIpc) is 2.26. The molecule has 0 unspecified atom stereocenters. The molecule has 1 aromatic heterocycles. The topological polar surface area (TPSA) is 53.4 Å². The molecular weight excluding hydrogens is 210 g/mol. The largest absolute Gasteiger partial charge is 0.354 e. The zero-order valence-electron chi connectivity index (χ0n) is 8.93. The Morgan fingerprint density at radius 3 is 2.53 bits per heavy atom. The molecule has 80 valence electrons. The minimum absolute atomic E-state index is 0.547. The van der Waals surface area contributed by atoms with Crippen molar-refractivity contribution >= 4 is 23.0 Å². The Labute approximate surface area is 94.2 Å². The predicted octanol–water partition coefficient (Wildman–Crippen LogP) is 0.637. The number of hydrogen-bond donors (Lipinski definition) is 1. The fourth-order valence-corrected chi connectivity index (χ4v) is 0.813. The number of nitrogens with zero attached hydrogens (tertiary/aromatic N) is 4. The van der Waals surface area contributed by atoms with Crippen molar-refractivity contribution in [3.05, 3.63) is 24.3 Å². The van der Waals surface area contributed by atoms with Crippen molar-refractivity contribution in [3.63, 3.8) is 0 Å². The van der Waals surface area contributed by atoms with Crippen LogP contribution in [0.4, 0.5) is 0 Å². The van der Waals surface area contributed by atoms with Crippen LogP contribution in [0.25, 0.3) is 0 Å².